The van der Waals surface area contributed by atoms with Crippen LogP contribution in [0.15, 0.2) is 53.4 Å². The van der Waals surface area contributed by atoms with E-state index >= 15 is 0 Å². The van der Waals surface area contributed by atoms with Gasteiger partial charge in [-0.3, -0.25) is 0 Å². The van der Waals surface area contributed by atoms with Gasteiger partial charge in [0.15, 0.2) is 4.91 Å². The minimum absolute atomic E-state index is 0.244. The number of nitrogens with zero attached hydrogens (tertiary/aromatic N) is 3. The molecule has 2 aliphatic rings. The van der Waals surface area contributed by atoms with Crippen molar-refractivity contribution in [3.05, 3.63) is 59.1 Å². The van der Waals surface area contributed by atoms with Crippen molar-refractivity contribution in [3.8, 4) is 17.3 Å². The lowest BCUT2D eigenvalue weighted by atomic mass is 10.0. The van der Waals surface area contributed by atoms with Crippen LogP contribution in [0.2, 0.25) is 0 Å². The smallest absolute Gasteiger partial charge is 0.250 e. The number of hydrogen-bond donors (Lipinski definition) is 4. The van der Waals surface area contributed by atoms with Gasteiger partial charge in [-0.15, -0.1) is 0 Å². The van der Waals surface area contributed by atoms with Gasteiger partial charge in [-0.05, 0) is 72.0 Å². The van der Waals surface area contributed by atoms with Crippen molar-refractivity contribution in [1.29, 1.82) is 5.26 Å². The quantitative estimate of drug-likeness (QED) is 0.318. The monoisotopic (exact) mass is 566 g/mol. The molecule has 2 fully saturated rings. The highest BCUT2D eigenvalue weighted by Gasteiger charge is 2.38. The van der Waals surface area contributed by atoms with E-state index in [0.29, 0.717) is 5.69 Å². The third-order valence-corrected chi connectivity index (χ3v) is 9.10. The van der Waals surface area contributed by atoms with Crippen LogP contribution < -0.4 is 9.62 Å². The largest absolute Gasteiger partial charge is 0.388 e. The first-order valence-electron chi connectivity index (χ1n) is 13.4. The highest BCUT2D eigenvalue weighted by atomic mass is 32.2. The molecule has 5 rings (SSSR count). The minimum atomic E-state index is -4.24. The van der Waals surface area contributed by atoms with Gasteiger partial charge in [0, 0.05) is 43.8 Å². The van der Waals surface area contributed by atoms with Crippen molar-refractivity contribution in [2.75, 3.05) is 31.1 Å². The number of aliphatic hydroxyl groups is 3. The first kappa shape index (κ1) is 28.3. The van der Waals surface area contributed by atoms with Crippen LogP contribution >= 0.6 is 0 Å². The average molecular weight is 567 g/mol. The summed E-state index contributed by atoms with van der Waals surface area (Å²) in [6.45, 7) is 1.55. The molecule has 0 spiro atoms. The highest BCUT2D eigenvalue weighted by molar-refractivity contribution is 7.93. The number of aliphatic hydroxyl groups excluding tert-OH is 3. The fourth-order valence-corrected chi connectivity index (χ4v) is 6.26. The molecule has 0 saturated carbocycles. The van der Waals surface area contributed by atoms with E-state index in [1.807, 2.05) is 16.7 Å². The summed E-state index contributed by atoms with van der Waals surface area (Å²) in [5.41, 5.74) is 3.58. The van der Waals surface area contributed by atoms with Crippen LogP contribution in [0.1, 0.15) is 25.0 Å². The van der Waals surface area contributed by atoms with Crippen molar-refractivity contribution in [3.63, 3.8) is 0 Å². The highest BCUT2D eigenvalue weighted by Crippen LogP contribution is 2.30. The molecule has 11 heteroatoms. The number of rotatable bonds is 7. The molecule has 0 radical (unpaired) electrons. The van der Waals surface area contributed by atoms with E-state index in [1.54, 1.807) is 19.2 Å². The molecule has 3 aromatic rings. The third kappa shape index (κ3) is 5.78. The number of hydrogen-bond acceptors (Lipinski definition) is 8. The normalized spacial score (nSPS) is 24.3. The van der Waals surface area contributed by atoms with Crippen LogP contribution in [0.3, 0.4) is 0 Å². The molecule has 2 aromatic carbocycles. The second kappa shape index (κ2) is 11.7. The van der Waals surface area contributed by atoms with Gasteiger partial charge in [-0.1, -0.05) is 18.2 Å². The summed E-state index contributed by atoms with van der Waals surface area (Å²) in [4.78, 5) is 1.93. The predicted molar refractivity (Wildman–Crippen MR) is 153 cm³/mol. The molecule has 0 unspecified atom stereocenters. The first-order chi connectivity index (χ1) is 19.2. The summed E-state index contributed by atoms with van der Waals surface area (Å²) in [6, 6.07) is 18.1. The summed E-state index contributed by atoms with van der Waals surface area (Å²) in [7, 11) is -2.44. The van der Waals surface area contributed by atoms with Crippen LogP contribution in [-0.4, -0.2) is 79.0 Å². The molecule has 4 N–H and O–H groups in total. The summed E-state index contributed by atoms with van der Waals surface area (Å²) in [5.74, 6) is 0. The van der Waals surface area contributed by atoms with E-state index in [-0.39, 0.29) is 13.2 Å². The van der Waals surface area contributed by atoms with Crippen molar-refractivity contribution < 1.29 is 28.5 Å². The van der Waals surface area contributed by atoms with Gasteiger partial charge in [0.1, 0.15) is 24.4 Å². The minimum Gasteiger partial charge on any atom is -0.388 e. The maximum Gasteiger partial charge on any atom is 0.250 e. The van der Waals surface area contributed by atoms with E-state index in [1.165, 1.54) is 31.0 Å². The molecule has 0 aliphatic carbocycles. The second-order valence-corrected chi connectivity index (χ2v) is 12.1. The molecule has 2 aliphatic heterocycles. The molecule has 3 heterocycles. The molecule has 40 heavy (non-hydrogen) atoms. The van der Waals surface area contributed by atoms with Gasteiger partial charge in [-0.2, -0.15) is 5.26 Å². The third-order valence-electron chi connectivity index (χ3n) is 7.76. The fourth-order valence-electron chi connectivity index (χ4n) is 5.32. The number of fused-ring (bicyclic) bond motifs is 1. The van der Waals surface area contributed by atoms with E-state index in [2.05, 4.69) is 40.0 Å². The maximum absolute atomic E-state index is 12.9. The molecule has 0 bridgehead atoms. The van der Waals surface area contributed by atoms with Crippen LogP contribution in [0.4, 0.5) is 5.69 Å². The Bertz CT molecular complexity index is 1550. The van der Waals surface area contributed by atoms with Crippen LogP contribution in [0, 0.1) is 11.3 Å². The molecular weight excluding hydrogens is 532 g/mol. The maximum atomic E-state index is 12.9. The molecular formula is C29H34N4O6S. The number of anilines is 1. The second-order valence-electron chi connectivity index (χ2n) is 10.4. The van der Waals surface area contributed by atoms with Gasteiger partial charge in [0.25, 0.3) is 10.0 Å². The average Bonchev–Trinajstić information content (AvgIpc) is 3.33. The Balaban J connectivity index is 1.33. The zero-order valence-electron chi connectivity index (χ0n) is 22.3. The van der Waals surface area contributed by atoms with Crippen LogP contribution in [-0.2, 0) is 21.8 Å². The van der Waals surface area contributed by atoms with Crippen molar-refractivity contribution in [2.24, 2.45) is 7.05 Å². The van der Waals surface area contributed by atoms with Gasteiger partial charge < -0.3 is 29.5 Å². The van der Waals surface area contributed by atoms with Crippen molar-refractivity contribution in [2.45, 2.75) is 43.7 Å². The number of aromatic nitrogens is 1. The summed E-state index contributed by atoms with van der Waals surface area (Å²) in [6.07, 6.45) is -0.247. The lowest BCUT2D eigenvalue weighted by molar-refractivity contribution is -0.184. The Kier molecular flexibility index (Phi) is 8.28. The SMILES string of the molecule is Cn1c(/C=C(\C#N)S(=O)(=O)NC[C@H]2OC[C@H](O)[C@@H](O)[C@@H]2O)ccc1-c1ccc2cc(N3CCCCC3)ccc2c1. The van der Waals surface area contributed by atoms with Crippen molar-refractivity contribution in [1.82, 2.24) is 9.29 Å². The van der Waals surface area contributed by atoms with E-state index in [9.17, 15) is 29.0 Å². The summed E-state index contributed by atoms with van der Waals surface area (Å²) in [5, 5.41) is 41.4. The Hall–Kier alpha value is -3.24. The zero-order valence-corrected chi connectivity index (χ0v) is 23.1. The van der Waals surface area contributed by atoms with Gasteiger partial charge in [0.05, 0.1) is 12.7 Å². The Morgan fingerprint density at radius 3 is 2.52 bits per heavy atom. The van der Waals surface area contributed by atoms with Crippen LogP contribution in [0.5, 0.6) is 0 Å². The summed E-state index contributed by atoms with van der Waals surface area (Å²) >= 11 is 0. The first-order valence-corrected chi connectivity index (χ1v) is 14.9. The molecule has 1 aromatic heterocycles. The number of benzene rings is 2. The van der Waals surface area contributed by atoms with E-state index in [4.69, 9.17) is 4.74 Å². The topological polar surface area (TPSA) is 148 Å². The van der Waals surface area contributed by atoms with E-state index in [0.717, 1.165) is 35.1 Å². The van der Waals surface area contributed by atoms with Gasteiger partial charge in [0.2, 0.25) is 0 Å². The number of nitrogens with one attached hydrogen (secondary N) is 1. The van der Waals surface area contributed by atoms with Gasteiger partial charge >= 0.3 is 0 Å². The van der Waals surface area contributed by atoms with E-state index < -0.39 is 39.3 Å². The summed E-state index contributed by atoms with van der Waals surface area (Å²) < 4.78 is 35.1. The Labute approximate surface area is 233 Å². The standard InChI is InChI=1S/C29H34N4O6S/c1-32-22(15-24(16-30)40(37,38)31-17-27-29(36)28(35)26(34)18-39-27)9-10-25(32)21-6-5-20-14-23(8-7-19(20)13-21)33-11-3-2-4-12-33/h5-10,13-15,26-29,31,34-36H,2-4,11-12,17-18H2,1H3/b24-15+/t26-,27+,28+,29+/m0/s1. The Morgan fingerprint density at radius 2 is 1.77 bits per heavy atom. The van der Waals surface area contributed by atoms with Crippen molar-refractivity contribution >= 4 is 32.6 Å². The predicted octanol–water partition coefficient (Wildman–Crippen LogP) is 2.10. The fraction of sp³-hybridized carbons (Fsp3) is 0.414. The lowest BCUT2D eigenvalue weighted by Gasteiger charge is -2.35. The lowest BCUT2D eigenvalue weighted by Crippen LogP contribution is -2.56. The molecule has 10 nitrogen and oxygen atoms in total. The Morgan fingerprint density at radius 1 is 1.05 bits per heavy atom. The van der Waals surface area contributed by atoms with Crippen LogP contribution in [0.25, 0.3) is 28.1 Å². The number of ether oxygens (including phenoxy) is 1. The molecule has 212 valence electrons. The number of allylic oxidation sites excluding steroid dienone is 1. The van der Waals surface area contributed by atoms with Gasteiger partial charge in [-0.25, -0.2) is 13.1 Å². The molecule has 4 atom stereocenters. The zero-order chi connectivity index (χ0) is 28.4. The molecule has 2 saturated heterocycles. The molecule has 0 amide bonds. The number of sulfonamides is 1. The number of piperidine rings is 1. The number of nitriles is 1.